The zero-order chi connectivity index (χ0) is 13.8. The van der Waals surface area contributed by atoms with E-state index in [4.69, 9.17) is 23.1 Å². The van der Waals surface area contributed by atoms with Gasteiger partial charge in [0.1, 0.15) is 0 Å². The molecule has 0 atom stereocenters. The molecule has 0 heterocycles. The molecule has 5 heteroatoms. The Kier molecular flexibility index (Phi) is 4.66. The fraction of sp³-hybridized carbons (Fsp3) is 0.500. The lowest BCUT2D eigenvalue weighted by Gasteiger charge is -2.27. The summed E-state index contributed by atoms with van der Waals surface area (Å²) in [5, 5.41) is 0.561. The van der Waals surface area contributed by atoms with Gasteiger partial charge in [-0.2, -0.15) is 0 Å². The number of rotatable bonds is 5. The van der Waals surface area contributed by atoms with Gasteiger partial charge in [0.05, 0.1) is 17.3 Å². The molecule has 0 aromatic heterocycles. The second kappa shape index (κ2) is 6.26. The highest BCUT2D eigenvalue weighted by Gasteiger charge is 2.23. The minimum absolute atomic E-state index is 0.283. The van der Waals surface area contributed by atoms with E-state index in [0.29, 0.717) is 29.8 Å². The minimum atomic E-state index is -0.283. The van der Waals surface area contributed by atoms with E-state index in [2.05, 4.69) is 4.90 Å². The number of nitrogens with zero attached hydrogens (tertiary/aromatic N) is 1. The van der Waals surface area contributed by atoms with Crippen molar-refractivity contribution in [1.29, 1.82) is 0 Å². The van der Waals surface area contributed by atoms with Crippen LogP contribution in [0.4, 0.5) is 5.69 Å². The third-order valence-corrected chi connectivity index (χ3v) is 3.99. The number of anilines is 1. The molecule has 0 aliphatic heterocycles. The molecule has 0 saturated heterocycles. The first-order chi connectivity index (χ1) is 9.06. The molecule has 1 aliphatic carbocycles. The Hall–Kier alpha value is -1.26. The van der Waals surface area contributed by atoms with Crippen LogP contribution in [0.3, 0.4) is 0 Å². The number of benzene rings is 1. The zero-order valence-corrected chi connectivity index (χ0v) is 11.7. The van der Waals surface area contributed by atoms with E-state index in [1.165, 1.54) is 12.8 Å². The van der Waals surface area contributed by atoms with Gasteiger partial charge in [-0.1, -0.05) is 30.5 Å². The maximum absolute atomic E-state index is 11.2. The Morgan fingerprint density at radius 3 is 2.63 bits per heavy atom. The Morgan fingerprint density at radius 2 is 2.05 bits per heavy atom. The number of halogens is 1. The highest BCUT2D eigenvalue weighted by molar-refractivity contribution is 6.33. The van der Waals surface area contributed by atoms with E-state index in [1.807, 2.05) is 12.1 Å². The molecule has 1 aromatic carbocycles. The van der Waals surface area contributed by atoms with Gasteiger partial charge in [-0.25, -0.2) is 0 Å². The van der Waals surface area contributed by atoms with Crippen molar-refractivity contribution in [2.24, 2.45) is 5.73 Å². The number of hydrogen-bond donors (Lipinski definition) is 2. The molecule has 4 N–H and O–H groups in total. The summed E-state index contributed by atoms with van der Waals surface area (Å²) >= 11 is 5.92. The van der Waals surface area contributed by atoms with Crippen LogP contribution in [0.25, 0.3) is 0 Å². The van der Waals surface area contributed by atoms with Crippen molar-refractivity contribution in [3.63, 3.8) is 0 Å². The van der Waals surface area contributed by atoms with Crippen LogP contribution in [0, 0.1) is 0 Å². The monoisotopic (exact) mass is 281 g/mol. The lowest BCUT2D eigenvalue weighted by atomic mass is 10.1. The van der Waals surface area contributed by atoms with Crippen molar-refractivity contribution >= 4 is 23.2 Å². The van der Waals surface area contributed by atoms with Crippen LogP contribution in [-0.2, 0) is 11.3 Å². The lowest BCUT2D eigenvalue weighted by Crippen LogP contribution is -2.39. The SMILES string of the molecule is NC(=O)CN(Cc1ccc(Cl)c(N)c1)C1CCCC1. The summed E-state index contributed by atoms with van der Waals surface area (Å²) in [6.07, 6.45) is 4.72. The standard InChI is InChI=1S/C14H20ClN3O/c15-12-6-5-10(7-13(12)16)8-18(9-14(17)19)11-3-1-2-4-11/h5-7,11H,1-4,8-9,16H2,(H2,17,19). The molecule has 0 radical (unpaired) electrons. The van der Waals surface area contributed by atoms with Crippen molar-refractivity contribution in [2.45, 2.75) is 38.3 Å². The van der Waals surface area contributed by atoms with E-state index < -0.39 is 0 Å². The van der Waals surface area contributed by atoms with Crippen molar-refractivity contribution in [2.75, 3.05) is 12.3 Å². The van der Waals surface area contributed by atoms with Gasteiger partial charge in [-0.3, -0.25) is 9.69 Å². The van der Waals surface area contributed by atoms with Gasteiger partial charge in [-0.05, 0) is 30.5 Å². The predicted octanol–water partition coefficient (Wildman–Crippen LogP) is 2.15. The van der Waals surface area contributed by atoms with Crippen molar-refractivity contribution in [3.05, 3.63) is 28.8 Å². The highest BCUT2D eigenvalue weighted by Crippen LogP contribution is 2.26. The summed E-state index contributed by atoms with van der Waals surface area (Å²) in [4.78, 5) is 13.4. The van der Waals surface area contributed by atoms with Gasteiger partial charge in [-0.15, -0.1) is 0 Å². The first-order valence-corrected chi connectivity index (χ1v) is 7.00. The van der Waals surface area contributed by atoms with Crippen molar-refractivity contribution in [3.8, 4) is 0 Å². The first-order valence-electron chi connectivity index (χ1n) is 6.62. The number of nitrogens with two attached hydrogens (primary N) is 2. The number of nitrogen functional groups attached to an aromatic ring is 1. The Morgan fingerprint density at radius 1 is 1.37 bits per heavy atom. The van der Waals surface area contributed by atoms with Crippen LogP contribution < -0.4 is 11.5 Å². The van der Waals surface area contributed by atoms with E-state index in [1.54, 1.807) is 6.07 Å². The van der Waals surface area contributed by atoms with Crippen molar-refractivity contribution < 1.29 is 4.79 Å². The van der Waals surface area contributed by atoms with Gasteiger partial charge in [0.15, 0.2) is 0 Å². The number of hydrogen-bond acceptors (Lipinski definition) is 3. The summed E-state index contributed by atoms with van der Waals surface area (Å²) in [7, 11) is 0. The fourth-order valence-corrected chi connectivity index (χ4v) is 2.83. The normalized spacial score (nSPS) is 16.1. The van der Waals surface area contributed by atoms with Crippen LogP contribution in [0.15, 0.2) is 18.2 Å². The molecular weight excluding hydrogens is 262 g/mol. The molecular formula is C14H20ClN3O. The summed E-state index contributed by atoms with van der Waals surface area (Å²) in [5.74, 6) is -0.283. The van der Waals surface area contributed by atoms with Crippen LogP contribution in [0.1, 0.15) is 31.2 Å². The van der Waals surface area contributed by atoms with E-state index in [0.717, 1.165) is 18.4 Å². The number of carbonyl (C=O) groups excluding carboxylic acids is 1. The van der Waals surface area contributed by atoms with Crippen LogP contribution in [0.2, 0.25) is 5.02 Å². The van der Waals surface area contributed by atoms with Gasteiger partial charge in [0, 0.05) is 12.6 Å². The summed E-state index contributed by atoms with van der Waals surface area (Å²) in [5.41, 5.74) is 12.8. The molecule has 0 unspecified atom stereocenters. The number of primary amides is 1. The second-order valence-corrected chi connectivity index (χ2v) is 5.57. The van der Waals surface area contributed by atoms with E-state index in [9.17, 15) is 4.79 Å². The van der Waals surface area contributed by atoms with E-state index >= 15 is 0 Å². The second-order valence-electron chi connectivity index (χ2n) is 5.17. The molecule has 1 saturated carbocycles. The third-order valence-electron chi connectivity index (χ3n) is 3.65. The smallest absolute Gasteiger partial charge is 0.231 e. The van der Waals surface area contributed by atoms with Gasteiger partial charge in [0.25, 0.3) is 0 Å². The van der Waals surface area contributed by atoms with Crippen LogP contribution in [0.5, 0.6) is 0 Å². The average Bonchev–Trinajstić information content (AvgIpc) is 2.86. The van der Waals surface area contributed by atoms with Gasteiger partial charge in [0.2, 0.25) is 5.91 Å². The molecule has 104 valence electrons. The molecule has 4 nitrogen and oxygen atoms in total. The maximum Gasteiger partial charge on any atom is 0.231 e. The quantitative estimate of drug-likeness (QED) is 0.812. The van der Waals surface area contributed by atoms with Crippen molar-refractivity contribution in [1.82, 2.24) is 4.90 Å². The molecule has 1 amide bonds. The van der Waals surface area contributed by atoms with Crippen LogP contribution >= 0.6 is 11.6 Å². The maximum atomic E-state index is 11.2. The molecule has 19 heavy (non-hydrogen) atoms. The Bertz CT molecular complexity index is 458. The largest absolute Gasteiger partial charge is 0.398 e. The summed E-state index contributed by atoms with van der Waals surface area (Å²) < 4.78 is 0. The summed E-state index contributed by atoms with van der Waals surface area (Å²) in [6, 6.07) is 6.06. The predicted molar refractivity (Wildman–Crippen MR) is 77.7 cm³/mol. The average molecular weight is 282 g/mol. The minimum Gasteiger partial charge on any atom is -0.398 e. The number of carbonyl (C=O) groups is 1. The molecule has 1 fully saturated rings. The summed E-state index contributed by atoms with van der Waals surface area (Å²) in [6.45, 7) is 0.988. The molecule has 2 rings (SSSR count). The van der Waals surface area contributed by atoms with Gasteiger partial charge >= 0.3 is 0 Å². The Balaban J connectivity index is 2.09. The Labute approximate surface area is 118 Å². The topological polar surface area (TPSA) is 72.4 Å². The number of amides is 1. The first kappa shape index (κ1) is 14.2. The lowest BCUT2D eigenvalue weighted by molar-refractivity contribution is -0.119. The molecule has 0 spiro atoms. The van der Waals surface area contributed by atoms with Gasteiger partial charge < -0.3 is 11.5 Å². The zero-order valence-electron chi connectivity index (χ0n) is 10.9. The van der Waals surface area contributed by atoms with Crippen LogP contribution in [-0.4, -0.2) is 23.4 Å². The van der Waals surface area contributed by atoms with E-state index in [-0.39, 0.29) is 5.91 Å². The fourth-order valence-electron chi connectivity index (χ4n) is 2.71. The molecule has 1 aliphatic rings. The highest BCUT2D eigenvalue weighted by atomic mass is 35.5. The molecule has 1 aromatic rings. The molecule has 0 bridgehead atoms. The third kappa shape index (κ3) is 3.85.